The summed E-state index contributed by atoms with van der Waals surface area (Å²) in [5.41, 5.74) is 5.26. The Kier molecular flexibility index (Phi) is 6.08. The second kappa shape index (κ2) is 7.72. The number of hydrogen-bond acceptors (Lipinski definition) is 4. The van der Waals surface area contributed by atoms with E-state index in [4.69, 9.17) is 17.3 Å². The summed E-state index contributed by atoms with van der Waals surface area (Å²) in [6.07, 6.45) is 2.12. The first-order valence-electron chi connectivity index (χ1n) is 7.94. The third-order valence-corrected chi connectivity index (χ3v) is 6.71. The van der Waals surface area contributed by atoms with Crippen molar-refractivity contribution in [3.05, 3.63) is 28.3 Å². The fourth-order valence-corrected chi connectivity index (χ4v) is 5.20. The second-order valence-corrected chi connectivity index (χ2v) is 8.60. The number of nitrogens with two attached hydrogens (primary N) is 1. The van der Waals surface area contributed by atoms with Crippen molar-refractivity contribution < 1.29 is 23.1 Å². The van der Waals surface area contributed by atoms with Gasteiger partial charge >= 0.3 is 5.97 Å². The van der Waals surface area contributed by atoms with Gasteiger partial charge in [0.2, 0.25) is 15.9 Å². The van der Waals surface area contributed by atoms with Gasteiger partial charge in [0.1, 0.15) is 0 Å². The number of carboxylic acid groups (broad SMARTS) is 1. The topological polar surface area (TPSA) is 118 Å². The third kappa shape index (κ3) is 4.50. The van der Waals surface area contributed by atoms with Gasteiger partial charge in [0.15, 0.2) is 0 Å². The van der Waals surface area contributed by atoms with Crippen LogP contribution in [0.2, 0.25) is 5.02 Å². The number of hydrogen-bond donors (Lipinski definition) is 2. The quantitative estimate of drug-likeness (QED) is 0.799. The predicted molar refractivity (Wildman–Crippen MR) is 93.1 cm³/mol. The van der Waals surface area contributed by atoms with E-state index in [0.717, 1.165) is 6.42 Å². The van der Waals surface area contributed by atoms with Gasteiger partial charge in [0.25, 0.3) is 0 Å². The van der Waals surface area contributed by atoms with Crippen LogP contribution < -0.4 is 5.73 Å². The first-order chi connectivity index (χ1) is 11.6. The summed E-state index contributed by atoms with van der Waals surface area (Å²) < 4.78 is 27.3. The number of sulfonamides is 1. The van der Waals surface area contributed by atoms with Crippen LogP contribution in [0.25, 0.3) is 0 Å². The van der Waals surface area contributed by atoms with E-state index < -0.39 is 21.9 Å². The highest BCUT2D eigenvalue weighted by atomic mass is 35.5. The predicted octanol–water partition coefficient (Wildman–Crippen LogP) is 2.01. The van der Waals surface area contributed by atoms with Crippen molar-refractivity contribution in [2.75, 3.05) is 13.1 Å². The molecule has 1 unspecified atom stereocenters. The number of aromatic carboxylic acids is 1. The summed E-state index contributed by atoms with van der Waals surface area (Å²) in [7, 11) is -3.88. The number of nitrogens with zero attached hydrogens (tertiary/aromatic N) is 1. The van der Waals surface area contributed by atoms with Crippen molar-refractivity contribution in [1.29, 1.82) is 0 Å². The van der Waals surface area contributed by atoms with Gasteiger partial charge in [-0.3, -0.25) is 4.79 Å². The van der Waals surface area contributed by atoms with Crippen LogP contribution in [-0.4, -0.2) is 42.8 Å². The smallest absolute Gasteiger partial charge is 0.336 e. The van der Waals surface area contributed by atoms with Crippen LogP contribution in [-0.2, 0) is 14.8 Å². The van der Waals surface area contributed by atoms with E-state index in [2.05, 4.69) is 0 Å². The monoisotopic (exact) mass is 388 g/mol. The van der Waals surface area contributed by atoms with Crippen molar-refractivity contribution >= 4 is 33.5 Å². The number of rotatable bonds is 5. The van der Waals surface area contributed by atoms with Gasteiger partial charge in [0, 0.05) is 24.5 Å². The standard InChI is InChI=1S/C16H21ClN2O5S/c1-10-13(16(21)22)8-12(17)9-14(10)25(23,24)19-5-2-3-11(4-6-19)7-15(18)20/h8-9,11H,2-7H2,1H3,(H2,18,20)(H,21,22). The van der Waals surface area contributed by atoms with Crippen molar-refractivity contribution in [3.8, 4) is 0 Å². The van der Waals surface area contributed by atoms with Gasteiger partial charge in [0.05, 0.1) is 10.5 Å². The van der Waals surface area contributed by atoms with Gasteiger partial charge in [-0.05, 0) is 49.8 Å². The number of carboxylic acids is 1. The van der Waals surface area contributed by atoms with Crippen molar-refractivity contribution in [2.45, 2.75) is 37.5 Å². The molecule has 0 bridgehead atoms. The molecule has 138 valence electrons. The minimum atomic E-state index is -3.88. The van der Waals surface area contributed by atoms with Crippen LogP contribution in [0.5, 0.6) is 0 Å². The summed E-state index contributed by atoms with van der Waals surface area (Å²) in [6, 6.07) is 2.52. The van der Waals surface area contributed by atoms with E-state index in [1.54, 1.807) is 0 Å². The Morgan fingerprint density at radius 2 is 2.00 bits per heavy atom. The van der Waals surface area contributed by atoms with E-state index in [1.165, 1.54) is 23.4 Å². The zero-order chi connectivity index (χ0) is 18.8. The summed E-state index contributed by atoms with van der Waals surface area (Å²) in [5, 5.41) is 9.30. The molecule has 1 amide bonds. The number of halogens is 1. The largest absolute Gasteiger partial charge is 0.478 e. The highest BCUT2D eigenvalue weighted by molar-refractivity contribution is 7.89. The van der Waals surface area contributed by atoms with Crippen molar-refractivity contribution in [3.63, 3.8) is 0 Å². The zero-order valence-corrected chi connectivity index (χ0v) is 15.4. The molecule has 1 aliphatic rings. The van der Waals surface area contributed by atoms with E-state index in [-0.39, 0.29) is 39.9 Å². The molecular formula is C16H21ClN2O5S. The maximum absolute atomic E-state index is 13.0. The fourth-order valence-electron chi connectivity index (χ4n) is 3.15. The molecule has 1 saturated heterocycles. The van der Waals surface area contributed by atoms with Crippen molar-refractivity contribution in [1.82, 2.24) is 4.31 Å². The number of carbonyl (C=O) groups is 2. The molecule has 0 saturated carbocycles. The minimum Gasteiger partial charge on any atom is -0.478 e. The number of primary amides is 1. The average Bonchev–Trinajstić information content (AvgIpc) is 2.74. The molecule has 7 nitrogen and oxygen atoms in total. The SMILES string of the molecule is Cc1c(C(=O)O)cc(Cl)cc1S(=O)(=O)N1CCCC(CC(N)=O)CC1. The third-order valence-electron chi connectivity index (χ3n) is 4.47. The molecule has 0 aliphatic carbocycles. The summed E-state index contributed by atoms with van der Waals surface area (Å²) in [6.45, 7) is 2.03. The molecule has 0 radical (unpaired) electrons. The lowest BCUT2D eigenvalue weighted by Gasteiger charge is -2.22. The highest BCUT2D eigenvalue weighted by Crippen LogP contribution is 2.30. The molecule has 9 heteroatoms. The first-order valence-corrected chi connectivity index (χ1v) is 9.76. The maximum atomic E-state index is 13.0. The Labute approximate surface area is 151 Å². The minimum absolute atomic E-state index is 0.0583. The van der Waals surface area contributed by atoms with Gasteiger partial charge in [-0.15, -0.1) is 0 Å². The molecule has 0 aromatic heterocycles. The maximum Gasteiger partial charge on any atom is 0.336 e. The Balaban J connectivity index is 2.33. The zero-order valence-electron chi connectivity index (χ0n) is 13.9. The molecule has 1 fully saturated rings. The van der Waals surface area contributed by atoms with Gasteiger partial charge in [-0.25, -0.2) is 13.2 Å². The van der Waals surface area contributed by atoms with Crippen LogP contribution >= 0.6 is 11.6 Å². The second-order valence-electron chi connectivity index (χ2n) is 6.25. The van der Waals surface area contributed by atoms with Crippen LogP contribution in [0.15, 0.2) is 17.0 Å². The lowest BCUT2D eigenvalue weighted by atomic mass is 9.97. The first kappa shape index (κ1) is 19.7. The number of carbonyl (C=O) groups excluding carboxylic acids is 1. The van der Waals surface area contributed by atoms with Crippen LogP contribution in [0.3, 0.4) is 0 Å². The van der Waals surface area contributed by atoms with E-state index >= 15 is 0 Å². The lowest BCUT2D eigenvalue weighted by Crippen LogP contribution is -2.33. The van der Waals surface area contributed by atoms with Gasteiger partial charge < -0.3 is 10.8 Å². The van der Waals surface area contributed by atoms with Crippen LogP contribution in [0.4, 0.5) is 0 Å². The summed E-state index contributed by atoms with van der Waals surface area (Å²) in [4.78, 5) is 22.3. The van der Waals surface area contributed by atoms with E-state index in [0.29, 0.717) is 19.4 Å². The Bertz CT molecular complexity index is 794. The molecule has 1 heterocycles. The summed E-state index contributed by atoms with van der Waals surface area (Å²) in [5.74, 6) is -1.56. The van der Waals surface area contributed by atoms with Crippen molar-refractivity contribution in [2.24, 2.45) is 11.7 Å². The lowest BCUT2D eigenvalue weighted by molar-refractivity contribution is -0.119. The Hall–Kier alpha value is -1.64. The molecule has 1 aliphatic heterocycles. The molecule has 25 heavy (non-hydrogen) atoms. The van der Waals surface area contributed by atoms with Gasteiger partial charge in [-0.1, -0.05) is 11.6 Å². The normalized spacial score (nSPS) is 19.4. The number of benzene rings is 1. The molecule has 1 aromatic rings. The van der Waals surface area contributed by atoms with E-state index in [9.17, 15) is 23.1 Å². The van der Waals surface area contributed by atoms with E-state index in [1.807, 2.05) is 0 Å². The Morgan fingerprint density at radius 1 is 1.32 bits per heavy atom. The molecule has 1 aromatic carbocycles. The molecule has 0 spiro atoms. The van der Waals surface area contributed by atoms with Crippen LogP contribution in [0.1, 0.15) is 41.6 Å². The fraction of sp³-hybridized carbons (Fsp3) is 0.500. The Morgan fingerprint density at radius 3 is 2.60 bits per heavy atom. The highest BCUT2D eigenvalue weighted by Gasteiger charge is 2.30. The number of amides is 1. The van der Waals surface area contributed by atoms with Gasteiger partial charge in [-0.2, -0.15) is 4.31 Å². The van der Waals surface area contributed by atoms with Crippen LogP contribution in [0, 0.1) is 12.8 Å². The average molecular weight is 389 g/mol. The molecule has 2 rings (SSSR count). The summed E-state index contributed by atoms with van der Waals surface area (Å²) >= 11 is 5.93. The molecule has 1 atom stereocenters. The molecular weight excluding hydrogens is 368 g/mol. The molecule has 3 N–H and O–H groups in total.